The molecule has 1 aliphatic heterocycles. The largest absolute Gasteiger partial charge is 0.508 e. The first-order valence-electron chi connectivity index (χ1n) is 10.0. The molecule has 33 heavy (non-hydrogen) atoms. The second-order valence-electron chi connectivity index (χ2n) is 7.22. The molecule has 0 saturated carbocycles. The number of para-hydroxylation sites is 1. The normalized spacial score (nSPS) is 15.8. The van der Waals surface area contributed by atoms with Crippen molar-refractivity contribution in [3.8, 4) is 22.7 Å². The fraction of sp³-hybridized carbons (Fsp3) is 0. The Morgan fingerprint density at radius 1 is 1.00 bits per heavy atom. The van der Waals surface area contributed by atoms with Crippen molar-refractivity contribution in [3.63, 3.8) is 0 Å². The number of hydrogen-bond acceptors (Lipinski definition) is 5. The quantitative estimate of drug-likeness (QED) is 0.359. The number of hydrogen-bond donors (Lipinski definition) is 2. The Bertz CT molecular complexity index is 1380. The van der Waals surface area contributed by atoms with Gasteiger partial charge in [-0.1, -0.05) is 41.9 Å². The van der Waals surface area contributed by atoms with E-state index in [9.17, 15) is 9.90 Å². The fourth-order valence-electron chi connectivity index (χ4n) is 3.35. The Morgan fingerprint density at radius 2 is 1.73 bits per heavy atom. The van der Waals surface area contributed by atoms with E-state index in [0.29, 0.717) is 21.5 Å². The van der Waals surface area contributed by atoms with Crippen LogP contribution in [0.3, 0.4) is 0 Å². The molecule has 5 rings (SSSR count). The minimum Gasteiger partial charge on any atom is -0.508 e. The average molecular weight is 473 g/mol. The summed E-state index contributed by atoms with van der Waals surface area (Å²) in [5.74, 6) is 0.602. The lowest BCUT2D eigenvalue weighted by Gasteiger charge is -2.02. The number of benzene rings is 3. The van der Waals surface area contributed by atoms with Crippen LogP contribution in [0.4, 0.5) is 10.5 Å². The minimum atomic E-state index is -0.206. The monoisotopic (exact) mass is 472 g/mol. The molecule has 8 heteroatoms. The van der Waals surface area contributed by atoms with Crippen molar-refractivity contribution in [1.82, 2.24) is 15.1 Å². The van der Waals surface area contributed by atoms with E-state index in [-0.39, 0.29) is 11.0 Å². The molecule has 0 spiro atoms. The van der Waals surface area contributed by atoms with Gasteiger partial charge in [-0.2, -0.15) is 5.10 Å². The number of aromatic nitrogens is 2. The van der Waals surface area contributed by atoms with Crippen LogP contribution in [0.1, 0.15) is 5.56 Å². The summed E-state index contributed by atoms with van der Waals surface area (Å²) in [4.78, 5) is 17.4. The number of phenolic OH excluding ortho intramolecular Hbond substituents is 1. The van der Waals surface area contributed by atoms with Gasteiger partial charge in [0.25, 0.3) is 5.24 Å². The van der Waals surface area contributed by atoms with Gasteiger partial charge < -0.3 is 10.4 Å². The highest BCUT2D eigenvalue weighted by atomic mass is 35.5. The minimum absolute atomic E-state index is 0.153. The lowest BCUT2D eigenvalue weighted by molar-refractivity contribution is 0.265. The highest BCUT2D eigenvalue weighted by Gasteiger charge is 2.25. The molecule has 0 radical (unpaired) electrons. The third-order valence-corrected chi connectivity index (χ3v) is 5.99. The Morgan fingerprint density at radius 3 is 2.45 bits per heavy atom. The first-order valence-corrected chi connectivity index (χ1v) is 11.2. The zero-order valence-corrected chi connectivity index (χ0v) is 18.7. The molecule has 1 aliphatic rings. The number of phenols is 1. The molecule has 1 saturated heterocycles. The molecule has 1 fully saturated rings. The molecule has 0 bridgehead atoms. The molecule has 2 N–H and O–H groups in total. The smallest absolute Gasteiger partial charge is 0.289 e. The van der Waals surface area contributed by atoms with Gasteiger partial charge in [-0.25, -0.2) is 9.67 Å². The van der Waals surface area contributed by atoms with Crippen molar-refractivity contribution in [1.29, 1.82) is 0 Å². The summed E-state index contributed by atoms with van der Waals surface area (Å²) in [5.41, 5.74) is 4.03. The molecule has 1 aromatic heterocycles. The van der Waals surface area contributed by atoms with E-state index in [1.54, 1.807) is 24.3 Å². The SMILES string of the molecule is O=C1NC(=Nc2ccc(O)cc2)C(=Cc2cn(-c3ccccc3)nc2-c2ccc(Cl)cc2)S1. The summed E-state index contributed by atoms with van der Waals surface area (Å²) >= 11 is 7.16. The maximum atomic E-state index is 12.2. The number of thioether (sulfide) groups is 1. The number of carbonyl (C=O) groups excluding carboxylic acids is 1. The molecule has 0 unspecified atom stereocenters. The zero-order chi connectivity index (χ0) is 22.8. The summed E-state index contributed by atoms with van der Waals surface area (Å²) in [6.45, 7) is 0. The van der Waals surface area contributed by atoms with Crippen LogP contribution in [0.2, 0.25) is 5.02 Å². The molecule has 0 aliphatic carbocycles. The van der Waals surface area contributed by atoms with Crippen molar-refractivity contribution in [3.05, 3.63) is 101 Å². The number of rotatable bonds is 4. The number of aromatic hydroxyl groups is 1. The van der Waals surface area contributed by atoms with Crippen molar-refractivity contribution in [2.24, 2.45) is 4.99 Å². The molecule has 4 aromatic rings. The van der Waals surface area contributed by atoms with Crippen LogP contribution in [0.5, 0.6) is 5.75 Å². The first-order chi connectivity index (χ1) is 16.0. The van der Waals surface area contributed by atoms with Crippen molar-refractivity contribution >= 4 is 46.2 Å². The number of amides is 1. The van der Waals surface area contributed by atoms with Crippen LogP contribution < -0.4 is 5.32 Å². The summed E-state index contributed by atoms with van der Waals surface area (Å²) in [6.07, 6.45) is 3.83. The van der Waals surface area contributed by atoms with Crippen LogP contribution in [0.15, 0.2) is 95.0 Å². The van der Waals surface area contributed by atoms with Crippen LogP contribution in [-0.2, 0) is 0 Å². The number of nitrogens with one attached hydrogen (secondary N) is 1. The van der Waals surface area contributed by atoms with E-state index in [1.165, 1.54) is 0 Å². The summed E-state index contributed by atoms with van der Waals surface area (Å²) in [6, 6.07) is 23.7. The Labute approximate surface area is 199 Å². The van der Waals surface area contributed by atoms with E-state index in [1.807, 2.05) is 71.6 Å². The first kappa shape index (κ1) is 21.1. The maximum absolute atomic E-state index is 12.2. The van der Waals surface area contributed by atoms with Crippen LogP contribution in [0.25, 0.3) is 23.0 Å². The summed E-state index contributed by atoms with van der Waals surface area (Å²) in [7, 11) is 0. The van der Waals surface area contributed by atoms with Gasteiger partial charge >= 0.3 is 0 Å². The second-order valence-corrected chi connectivity index (χ2v) is 8.67. The van der Waals surface area contributed by atoms with Crippen molar-refractivity contribution in [2.45, 2.75) is 0 Å². The van der Waals surface area contributed by atoms with Gasteiger partial charge in [0.05, 0.1) is 22.0 Å². The summed E-state index contributed by atoms with van der Waals surface area (Å²) < 4.78 is 1.81. The highest BCUT2D eigenvalue weighted by Crippen LogP contribution is 2.32. The number of amidine groups is 1. The van der Waals surface area contributed by atoms with Gasteiger partial charge in [0, 0.05) is 22.3 Å². The van der Waals surface area contributed by atoms with Gasteiger partial charge in [0.2, 0.25) is 0 Å². The van der Waals surface area contributed by atoms with Gasteiger partial charge in [-0.15, -0.1) is 0 Å². The lowest BCUT2D eigenvalue weighted by Crippen LogP contribution is -2.18. The number of halogens is 1. The molecular weight excluding hydrogens is 456 g/mol. The van der Waals surface area contributed by atoms with Crippen LogP contribution in [-0.4, -0.2) is 26.0 Å². The third-order valence-electron chi connectivity index (χ3n) is 4.91. The highest BCUT2D eigenvalue weighted by molar-refractivity contribution is 8.18. The van der Waals surface area contributed by atoms with Crippen LogP contribution >= 0.6 is 23.4 Å². The van der Waals surface area contributed by atoms with E-state index in [2.05, 4.69) is 10.3 Å². The van der Waals surface area contributed by atoms with E-state index >= 15 is 0 Å². The molecule has 3 aromatic carbocycles. The Hall–Kier alpha value is -3.81. The predicted molar refractivity (Wildman–Crippen MR) is 133 cm³/mol. The predicted octanol–water partition coefficient (Wildman–Crippen LogP) is 6.43. The zero-order valence-electron chi connectivity index (χ0n) is 17.1. The number of carbonyl (C=O) groups is 1. The number of aliphatic imine (C=N–C) groups is 1. The third kappa shape index (κ3) is 4.69. The number of nitrogens with zero attached hydrogens (tertiary/aromatic N) is 3. The molecule has 0 atom stereocenters. The molecule has 162 valence electrons. The van der Waals surface area contributed by atoms with Gasteiger partial charge in [-0.3, -0.25) is 4.79 Å². The summed E-state index contributed by atoms with van der Waals surface area (Å²) in [5, 5.41) is 17.5. The van der Waals surface area contributed by atoms with E-state index in [4.69, 9.17) is 16.7 Å². The van der Waals surface area contributed by atoms with Gasteiger partial charge in [0.1, 0.15) is 11.6 Å². The molecular formula is C25H17ClN4O2S. The van der Waals surface area contributed by atoms with E-state index < -0.39 is 0 Å². The van der Waals surface area contributed by atoms with Gasteiger partial charge in [-0.05, 0) is 66.4 Å². The Balaban J connectivity index is 1.60. The van der Waals surface area contributed by atoms with E-state index in [0.717, 1.165) is 34.3 Å². The maximum Gasteiger partial charge on any atom is 0.289 e. The van der Waals surface area contributed by atoms with Crippen molar-refractivity contribution in [2.75, 3.05) is 0 Å². The van der Waals surface area contributed by atoms with Crippen molar-refractivity contribution < 1.29 is 9.90 Å². The molecule has 1 amide bonds. The standard InChI is InChI=1S/C25H17ClN4O2S/c26-18-8-6-16(7-9-18)23-17(15-30(29-23)20-4-2-1-3-5-20)14-22-24(28-25(32)33-22)27-19-10-12-21(31)13-11-19/h1-15,31H,(H,27,28,32). The topological polar surface area (TPSA) is 79.5 Å². The lowest BCUT2D eigenvalue weighted by atomic mass is 10.1. The second kappa shape index (κ2) is 8.97. The molecule has 6 nitrogen and oxygen atoms in total. The fourth-order valence-corrected chi connectivity index (χ4v) is 4.20. The van der Waals surface area contributed by atoms with Gasteiger partial charge in [0.15, 0.2) is 0 Å². The van der Waals surface area contributed by atoms with Crippen LogP contribution in [0, 0.1) is 0 Å². The molecule has 2 heterocycles. The average Bonchev–Trinajstić information content (AvgIpc) is 3.40. The Kier molecular flexibility index (Phi) is 5.73.